The van der Waals surface area contributed by atoms with Crippen LogP contribution in [0.15, 0.2) is 41.0 Å². The molecule has 1 aromatic carbocycles. The first kappa shape index (κ1) is 12.9. The predicted molar refractivity (Wildman–Crippen MR) is 69.8 cm³/mol. The van der Waals surface area contributed by atoms with Crippen LogP contribution in [0.2, 0.25) is 0 Å². The summed E-state index contributed by atoms with van der Waals surface area (Å²) >= 11 is 0. The van der Waals surface area contributed by atoms with Crippen LogP contribution in [0.3, 0.4) is 0 Å². The largest absolute Gasteiger partial charge is 0.459 e. The average Bonchev–Trinajstić information content (AvgIpc) is 2.81. The van der Waals surface area contributed by atoms with Crippen molar-refractivity contribution in [3.63, 3.8) is 0 Å². The Morgan fingerprint density at radius 3 is 2.65 bits per heavy atom. The first-order valence-corrected chi connectivity index (χ1v) is 6.31. The SMILES string of the molecule is Cc1coc(C(=O)NC2(c3ccccc3F)COC2)c1. The summed E-state index contributed by atoms with van der Waals surface area (Å²) in [5, 5.41) is 2.82. The number of amides is 1. The molecule has 0 spiro atoms. The van der Waals surface area contributed by atoms with Crippen LogP contribution < -0.4 is 5.32 Å². The van der Waals surface area contributed by atoms with Gasteiger partial charge in [0.1, 0.15) is 11.4 Å². The average molecular weight is 275 g/mol. The first-order chi connectivity index (χ1) is 9.61. The lowest BCUT2D eigenvalue weighted by molar-refractivity contribution is -0.0752. The highest BCUT2D eigenvalue weighted by Crippen LogP contribution is 2.31. The van der Waals surface area contributed by atoms with E-state index in [2.05, 4.69) is 5.32 Å². The Labute approximate surface area is 115 Å². The first-order valence-electron chi connectivity index (χ1n) is 6.31. The fourth-order valence-electron chi connectivity index (χ4n) is 2.28. The zero-order chi connectivity index (χ0) is 14.2. The van der Waals surface area contributed by atoms with Crippen LogP contribution in [-0.4, -0.2) is 19.1 Å². The number of aryl methyl sites for hydroxylation is 1. The van der Waals surface area contributed by atoms with E-state index in [1.54, 1.807) is 24.3 Å². The smallest absolute Gasteiger partial charge is 0.287 e. The summed E-state index contributed by atoms with van der Waals surface area (Å²) in [4.78, 5) is 12.2. The molecule has 3 rings (SSSR count). The molecule has 1 fully saturated rings. The van der Waals surface area contributed by atoms with Gasteiger partial charge in [-0.05, 0) is 24.6 Å². The minimum absolute atomic E-state index is 0.213. The van der Waals surface area contributed by atoms with Crippen molar-refractivity contribution in [3.8, 4) is 0 Å². The zero-order valence-electron chi connectivity index (χ0n) is 11.0. The number of hydrogen-bond acceptors (Lipinski definition) is 3. The van der Waals surface area contributed by atoms with Gasteiger partial charge in [0.15, 0.2) is 5.76 Å². The topological polar surface area (TPSA) is 51.5 Å². The fraction of sp³-hybridized carbons (Fsp3) is 0.267. The number of rotatable bonds is 3. The van der Waals surface area contributed by atoms with Gasteiger partial charge >= 0.3 is 0 Å². The number of nitrogens with one attached hydrogen (secondary N) is 1. The van der Waals surface area contributed by atoms with Crippen molar-refractivity contribution in [1.82, 2.24) is 5.32 Å². The number of ether oxygens (including phenoxy) is 1. The van der Waals surface area contributed by atoms with Crippen LogP contribution in [0.5, 0.6) is 0 Å². The Hall–Kier alpha value is -2.14. The van der Waals surface area contributed by atoms with Crippen molar-refractivity contribution in [1.29, 1.82) is 0 Å². The van der Waals surface area contributed by atoms with E-state index in [1.165, 1.54) is 12.3 Å². The molecule has 1 aliphatic heterocycles. The Bertz CT molecular complexity index is 646. The number of carbonyl (C=O) groups is 1. The lowest BCUT2D eigenvalue weighted by Gasteiger charge is -2.42. The van der Waals surface area contributed by atoms with Gasteiger partial charge in [-0.3, -0.25) is 4.79 Å². The molecule has 1 saturated heterocycles. The number of hydrogen-bond donors (Lipinski definition) is 1. The van der Waals surface area contributed by atoms with Gasteiger partial charge in [-0.25, -0.2) is 4.39 Å². The summed E-state index contributed by atoms with van der Waals surface area (Å²) in [6, 6.07) is 8.03. The van der Waals surface area contributed by atoms with E-state index in [1.807, 2.05) is 6.92 Å². The predicted octanol–water partition coefficient (Wildman–Crippen LogP) is 2.38. The van der Waals surface area contributed by atoms with E-state index in [9.17, 15) is 9.18 Å². The van der Waals surface area contributed by atoms with E-state index in [4.69, 9.17) is 9.15 Å². The van der Waals surface area contributed by atoms with Gasteiger partial charge in [0, 0.05) is 5.56 Å². The van der Waals surface area contributed by atoms with E-state index >= 15 is 0 Å². The Balaban J connectivity index is 1.87. The number of carbonyl (C=O) groups excluding carboxylic acids is 1. The highest BCUT2D eigenvalue weighted by atomic mass is 19.1. The molecule has 1 aliphatic rings. The van der Waals surface area contributed by atoms with Gasteiger partial charge < -0.3 is 14.5 Å². The molecule has 2 heterocycles. The second kappa shape index (κ2) is 4.76. The van der Waals surface area contributed by atoms with Crippen molar-refractivity contribution in [2.24, 2.45) is 0 Å². The van der Waals surface area contributed by atoms with Crippen molar-refractivity contribution in [2.45, 2.75) is 12.5 Å². The zero-order valence-corrected chi connectivity index (χ0v) is 11.0. The molecule has 0 radical (unpaired) electrons. The highest BCUT2D eigenvalue weighted by Gasteiger charge is 2.44. The van der Waals surface area contributed by atoms with Gasteiger partial charge in [-0.2, -0.15) is 0 Å². The summed E-state index contributed by atoms with van der Waals surface area (Å²) < 4.78 is 24.3. The minimum Gasteiger partial charge on any atom is -0.459 e. The van der Waals surface area contributed by atoms with Crippen molar-refractivity contribution in [2.75, 3.05) is 13.2 Å². The van der Waals surface area contributed by atoms with E-state index in [0.717, 1.165) is 5.56 Å². The molecule has 0 aliphatic carbocycles. The molecule has 1 aromatic heterocycles. The third-order valence-electron chi connectivity index (χ3n) is 3.39. The Morgan fingerprint density at radius 2 is 2.10 bits per heavy atom. The number of benzene rings is 1. The fourth-order valence-corrected chi connectivity index (χ4v) is 2.28. The van der Waals surface area contributed by atoms with Gasteiger partial charge in [0.05, 0.1) is 19.5 Å². The van der Waals surface area contributed by atoms with Crippen LogP contribution >= 0.6 is 0 Å². The molecule has 0 saturated carbocycles. The van der Waals surface area contributed by atoms with Crippen molar-refractivity contribution < 1.29 is 18.3 Å². The molecular formula is C15H14FNO3. The highest BCUT2D eigenvalue weighted by molar-refractivity contribution is 5.92. The quantitative estimate of drug-likeness (QED) is 0.935. The normalized spacial score (nSPS) is 16.5. The number of halogens is 1. The lowest BCUT2D eigenvalue weighted by atomic mass is 9.87. The molecule has 104 valence electrons. The maximum Gasteiger partial charge on any atom is 0.287 e. The molecule has 0 unspecified atom stereocenters. The second-order valence-corrected chi connectivity index (χ2v) is 5.00. The molecule has 20 heavy (non-hydrogen) atoms. The Kier molecular flexibility index (Phi) is 3.06. The molecule has 0 bridgehead atoms. The molecule has 1 amide bonds. The lowest BCUT2D eigenvalue weighted by Crippen LogP contribution is -2.59. The molecule has 1 N–H and O–H groups in total. The van der Waals surface area contributed by atoms with Gasteiger partial charge in [0.2, 0.25) is 0 Å². The standard InChI is InChI=1S/C15H14FNO3/c1-10-6-13(20-7-10)14(18)17-15(8-19-9-15)11-4-2-3-5-12(11)16/h2-7H,8-9H2,1H3,(H,17,18). The third kappa shape index (κ3) is 2.10. The molecular weight excluding hydrogens is 261 g/mol. The third-order valence-corrected chi connectivity index (χ3v) is 3.39. The van der Waals surface area contributed by atoms with E-state index in [-0.39, 0.29) is 30.7 Å². The molecule has 5 heteroatoms. The maximum absolute atomic E-state index is 13.9. The van der Waals surface area contributed by atoms with Crippen molar-refractivity contribution in [3.05, 3.63) is 59.3 Å². The summed E-state index contributed by atoms with van der Waals surface area (Å²) in [6.07, 6.45) is 1.50. The summed E-state index contributed by atoms with van der Waals surface area (Å²) in [5.74, 6) is -0.513. The van der Waals surface area contributed by atoms with Gasteiger partial charge in [-0.1, -0.05) is 18.2 Å². The summed E-state index contributed by atoms with van der Waals surface area (Å²) in [7, 11) is 0. The van der Waals surface area contributed by atoms with E-state index in [0.29, 0.717) is 5.56 Å². The maximum atomic E-state index is 13.9. The monoisotopic (exact) mass is 275 g/mol. The van der Waals surface area contributed by atoms with Crippen molar-refractivity contribution >= 4 is 5.91 Å². The minimum atomic E-state index is -0.816. The van der Waals surface area contributed by atoms with Crippen LogP contribution in [0.4, 0.5) is 4.39 Å². The van der Waals surface area contributed by atoms with Crippen LogP contribution in [-0.2, 0) is 10.3 Å². The molecule has 0 atom stereocenters. The molecule has 2 aromatic rings. The summed E-state index contributed by atoms with van der Waals surface area (Å²) in [6.45, 7) is 2.33. The van der Waals surface area contributed by atoms with Crippen LogP contribution in [0.25, 0.3) is 0 Å². The molecule has 4 nitrogen and oxygen atoms in total. The van der Waals surface area contributed by atoms with Crippen LogP contribution in [0.1, 0.15) is 21.7 Å². The second-order valence-electron chi connectivity index (χ2n) is 5.00. The van der Waals surface area contributed by atoms with E-state index < -0.39 is 5.54 Å². The van der Waals surface area contributed by atoms with Crippen LogP contribution in [0, 0.1) is 12.7 Å². The summed E-state index contributed by atoms with van der Waals surface area (Å²) in [5.41, 5.74) is 0.478. The number of furan rings is 1. The van der Waals surface area contributed by atoms with Gasteiger partial charge in [0.25, 0.3) is 5.91 Å². The van der Waals surface area contributed by atoms with Gasteiger partial charge in [-0.15, -0.1) is 0 Å². The Morgan fingerprint density at radius 1 is 1.35 bits per heavy atom.